The third-order valence-corrected chi connectivity index (χ3v) is 2.69. The first kappa shape index (κ1) is 9.49. The van der Waals surface area contributed by atoms with E-state index in [0.717, 1.165) is 24.3 Å². The number of rotatable bonds is 3. The smallest absolute Gasteiger partial charge is 0.122 e. The van der Waals surface area contributed by atoms with Crippen LogP contribution in [0.25, 0.3) is 0 Å². The van der Waals surface area contributed by atoms with Gasteiger partial charge in [0.25, 0.3) is 0 Å². The summed E-state index contributed by atoms with van der Waals surface area (Å²) in [5, 5.41) is 9.12. The second-order valence-electron chi connectivity index (χ2n) is 3.58. The topological polar surface area (TPSA) is 55.5 Å². The van der Waals surface area contributed by atoms with Crippen LogP contribution in [0.15, 0.2) is 18.2 Å². The van der Waals surface area contributed by atoms with Gasteiger partial charge in [0.15, 0.2) is 0 Å². The van der Waals surface area contributed by atoms with Crippen LogP contribution in [0.1, 0.15) is 17.0 Å². The van der Waals surface area contributed by atoms with Crippen LogP contribution in [0, 0.1) is 0 Å². The summed E-state index contributed by atoms with van der Waals surface area (Å²) in [6, 6.07) is 6.05. The van der Waals surface area contributed by atoms with Crippen LogP contribution in [0.2, 0.25) is 0 Å². The molecule has 1 atom stereocenters. The second-order valence-corrected chi connectivity index (χ2v) is 3.58. The lowest BCUT2D eigenvalue weighted by Gasteiger charge is -2.12. The zero-order chi connectivity index (χ0) is 9.97. The number of aliphatic hydroxyl groups is 1. The molecule has 0 aromatic heterocycles. The number of fused-ring (bicyclic) bond motifs is 1. The molecule has 2 rings (SSSR count). The van der Waals surface area contributed by atoms with Crippen LogP contribution in [0.4, 0.5) is 0 Å². The average Bonchev–Trinajstić information content (AvgIpc) is 2.66. The maximum Gasteiger partial charge on any atom is 0.122 e. The van der Waals surface area contributed by atoms with Crippen molar-refractivity contribution in [2.75, 3.05) is 19.8 Å². The van der Waals surface area contributed by atoms with Gasteiger partial charge in [-0.05, 0) is 17.2 Å². The summed E-state index contributed by atoms with van der Waals surface area (Å²) >= 11 is 0. The summed E-state index contributed by atoms with van der Waals surface area (Å²) in [5.74, 6) is 1.03. The lowest BCUT2D eigenvalue weighted by molar-refractivity contribution is 0.268. The molecule has 76 valence electrons. The first-order valence-corrected chi connectivity index (χ1v) is 4.91. The highest BCUT2D eigenvalue weighted by atomic mass is 16.5. The normalized spacial score (nSPS) is 16.1. The minimum absolute atomic E-state index is 0.0564. The molecular formula is C11H15NO2. The van der Waals surface area contributed by atoms with Gasteiger partial charge in [0.1, 0.15) is 5.75 Å². The van der Waals surface area contributed by atoms with Crippen LogP contribution in [-0.4, -0.2) is 24.9 Å². The Morgan fingerprint density at radius 2 is 2.36 bits per heavy atom. The fourth-order valence-corrected chi connectivity index (χ4v) is 1.78. The molecule has 0 fully saturated rings. The number of ether oxygens (including phenoxy) is 1. The van der Waals surface area contributed by atoms with Gasteiger partial charge in [-0.15, -0.1) is 0 Å². The van der Waals surface area contributed by atoms with Crippen LogP contribution in [0.5, 0.6) is 5.75 Å². The molecule has 1 heterocycles. The van der Waals surface area contributed by atoms with Crippen molar-refractivity contribution in [3.8, 4) is 5.75 Å². The van der Waals surface area contributed by atoms with Gasteiger partial charge in [-0.3, -0.25) is 0 Å². The van der Waals surface area contributed by atoms with E-state index in [4.69, 9.17) is 15.6 Å². The maximum atomic E-state index is 9.12. The van der Waals surface area contributed by atoms with Gasteiger partial charge >= 0.3 is 0 Å². The van der Waals surface area contributed by atoms with Crippen LogP contribution in [-0.2, 0) is 6.42 Å². The molecule has 14 heavy (non-hydrogen) atoms. The maximum absolute atomic E-state index is 9.12. The molecule has 0 aliphatic carbocycles. The Morgan fingerprint density at radius 3 is 3.07 bits per heavy atom. The number of aliphatic hydroxyl groups excluding tert-OH is 1. The van der Waals surface area contributed by atoms with E-state index in [1.54, 1.807) is 0 Å². The molecule has 0 saturated carbocycles. The number of nitrogens with two attached hydrogens (primary N) is 1. The van der Waals surface area contributed by atoms with Crippen molar-refractivity contribution in [3.63, 3.8) is 0 Å². The summed E-state index contributed by atoms with van der Waals surface area (Å²) in [7, 11) is 0. The van der Waals surface area contributed by atoms with Gasteiger partial charge < -0.3 is 15.6 Å². The molecule has 1 aliphatic rings. The predicted molar refractivity (Wildman–Crippen MR) is 54.5 cm³/mol. The molecule has 1 aromatic carbocycles. The molecule has 3 nitrogen and oxygen atoms in total. The van der Waals surface area contributed by atoms with E-state index in [9.17, 15) is 0 Å². The van der Waals surface area contributed by atoms with E-state index in [-0.39, 0.29) is 12.5 Å². The first-order valence-electron chi connectivity index (χ1n) is 4.91. The van der Waals surface area contributed by atoms with Gasteiger partial charge in [-0.2, -0.15) is 0 Å². The fourth-order valence-electron chi connectivity index (χ4n) is 1.78. The van der Waals surface area contributed by atoms with E-state index < -0.39 is 0 Å². The Morgan fingerprint density at radius 1 is 1.50 bits per heavy atom. The lowest BCUT2D eigenvalue weighted by atomic mass is 9.97. The summed E-state index contributed by atoms with van der Waals surface area (Å²) in [5.41, 5.74) is 7.91. The van der Waals surface area contributed by atoms with Crippen molar-refractivity contribution in [1.29, 1.82) is 0 Å². The van der Waals surface area contributed by atoms with Gasteiger partial charge in [0, 0.05) is 18.9 Å². The van der Waals surface area contributed by atoms with Crippen molar-refractivity contribution in [3.05, 3.63) is 29.3 Å². The van der Waals surface area contributed by atoms with E-state index in [1.807, 2.05) is 12.1 Å². The number of hydrogen-bond donors (Lipinski definition) is 2. The Balaban J connectivity index is 2.27. The zero-order valence-corrected chi connectivity index (χ0v) is 8.07. The van der Waals surface area contributed by atoms with Gasteiger partial charge in [-0.1, -0.05) is 12.1 Å². The predicted octanol–water partition coefficient (Wildman–Crippen LogP) is 0.656. The molecular weight excluding hydrogens is 178 g/mol. The van der Waals surface area contributed by atoms with Crippen molar-refractivity contribution >= 4 is 0 Å². The summed E-state index contributed by atoms with van der Waals surface area (Å²) < 4.78 is 5.41. The van der Waals surface area contributed by atoms with E-state index in [0.29, 0.717) is 6.54 Å². The zero-order valence-electron chi connectivity index (χ0n) is 8.07. The quantitative estimate of drug-likeness (QED) is 0.741. The minimum atomic E-state index is 0.0564. The lowest BCUT2D eigenvalue weighted by Crippen LogP contribution is -2.16. The standard InChI is InChI=1S/C11H15NO2/c12-6-10(7-13)8-1-2-11-9(5-8)3-4-14-11/h1-2,5,10,13H,3-4,6-7,12H2. The third kappa shape index (κ3) is 1.61. The highest BCUT2D eigenvalue weighted by Crippen LogP contribution is 2.28. The molecule has 0 amide bonds. The van der Waals surface area contributed by atoms with Gasteiger partial charge in [0.05, 0.1) is 13.2 Å². The van der Waals surface area contributed by atoms with Crippen molar-refractivity contribution in [2.45, 2.75) is 12.3 Å². The molecule has 0 spiro atoms. The monoisotopic (exact) mass is 193 g/mol. The van der Waals surface area contributed by atoms with E-state index in [1.165, 1.54) is 5.56 Å². The highest BCUT2D eigenvalue weighted by Gasteiger charge is 2.15. The highest BCUT2D eigenvalue weighted by molar-refractivity contribution is 5.41. The Labute approximate surface area is 83.5 Å². The van der Waals surface area contributed by atoms with Gasteiger partial charge in [0.2, 0.25) is 0 Å². The van der Waals surface area contributed by atoms with Crippen LogP contribution >= 0.6 is 0 Å². The minimum Gasteiger partial charge on any atom is -0.493 e. The Bertz CT molecular complexity index is 321. The molecule has 0 saturated heterocycles. The van der Waals surface area contributed by atoms with Crippen molar-refractivity contribution < 1.29 is 9.84 Å². The molecule has 0 radical (unpaired) electrons. The number of hydrogen-bond acceptors (Lipinski definition) is 3. The molecule has 1 aromatic rings. The molecule has 1 unspecified atom stereocenters. The van der Waals surface area contributed by atoms with Crippen molar-refractivity contribution in [1.82, 2.24) is 0 Å². The first-order chi connectivity index (χ1) is 6.85. The average molecular weight is 193 g/mol. The summed E-state index contributed by atoms with van der Waals surface area (Å²) in [6.07, 6.45) is 0.964. The second kappa shape index (κ2) is 3.98. The number of benzene rings is 1. The van der Waals surface area contributed by atoms with E-state index >= 15 is 0 Å². The summed E-state index contributed by atoms with van der Waals surface area (Å²) in [6.45, 7) is 1.36. The fraction of sp³-hybridized carbons (Fsp3) is 0.455. The summed E-state index contributed by atoms with van der Waals surface area (Å²) in [4.78, 5) is 0. The molecule has 3 heteroatoms. The van der Waals surface area contributed by atoms with Crippen molar-refractivity contribution in [2.24, 2.45) is 5.73 Å². The van der Waals surface area contributed by atoms with E-state index in [2.05, 4.69) is 6.07 Å². The molecule has 1 aliphatic heterocycles. The largest absolute Gasteiger partial charge is 0.493 e. The Kier molecular flexibility index (Phi) is 2.70. The van der Waals surface area contributed by atoms with Crippen LogP contribution < -0.4 is 10.5 Å². The molecule has 0 bridgehead atoms. The molecule has 3 N–H and O–H groups in total. The Hall–Kier alpha value is -1.06. The third-order valence-electron chi connectivity index (χ3n) is 2.69. The van der Waals surface area contributed by atoms with Crippen LogP contribution in [0.3, 0.4) is 0 Å². The SMILES string of the molecule is NCC(CO)c1ccc2c(c1)CCO2. The van der Waals surface area contributed by atoms with Gasteiger partial charge in [-0.25, -0.2) is 0 Å².